The van der Waals surface area contributed by atoms with Gasteiger partial charge in [-0.2, -0.15) is 0 Å². The number of carbonyl (C=O) groups is 2. The standard InChI is InChI=1S/C74H76N6O6/c1-43(81)75-41-71-31-45-27-46(32-71)36-73(35-45,39-71)55-17-11-51(29-65(55)85-5)69-61-23-19-57(77-61)67(49-7-13-53(83-3)14-8-49)59-21-25-63(79-59)70(64-26-22-60(80-64)68(58-20-24-62(69)78-58)50-9-15-54(84-4)16-10-50)52-12-18-56(66(30-52)86-6)74-37-47-28-48(38-74)34-72(33-47,40-74)42-76-44(2)82/h7-26,29-30,45-48,77-78H,27-28,31-42H2,1-6H3,(H,75,81)(H,76,82). The van der Waals surface area contributed by atoms with Crippen LogP contribution in [0.4, 0.5) is 0 Å². The van der Waals surface area contributed by atoms with Gasteiger partial charge >= 0.3 is 0 Å². The summed E-state index contributed by atoms with van der Waals surface area (Å²) in [6, 6.07) is 39.0. The second kappa shape index (κ2) is 20.7. The molecule has 0 radical (unpaired) electrons. The van der Waals surface area contributed by atoms with Crippen molar-refractivity contribution in [2.45, 2.75) is 102 Å². The highest BCUT2D eigenvalue weighted by Crippen LogP contribution is 2.68. The fourth-order valence-electron chi connectivity index (χ4n) is 19.1. The second-order valence-electron chi connectivity index (χ2n) is 27.1. The van der Waals surface area contributed by atoms with Crippen LogP contribution in [0.3, 0.4) is 0 Å². The summed E-state index contributed by atoms with van der Waals surface area (Å²) in [4.78, 5) is 44.0. The zero-order valence-corrected chi connectivity index (χ0v) is 50.3. The van der Waals surface area contributed by atoms with Crippen molar-refractivity contribution in [3.8, 4) is 67.5 Å². The molecule has 10 aliphatic rings. The molecule has 8 fully saturated rings. The molecule has 16 bridgehead atoms. The maximum absolute atomic E-state index is 12.3. The Morgan fingerprint density at radius 2 is 0.791 bits per heavy atom. The topological polar surface area (TPSA) is 152 Å². The molecule has 12 nitrogen and oxygen atoms in total. The summed E-state index contributed by atoms with van der Waals surface area (Å²) in [5, 5.41) is 6.51. The largest absolute Gasteiger partial charge is 0.497 e. The molecule has 4 N–H and O–H groups in total. The van der Waals surface area contributed by atoms with Crippen molar-refractivity contribution in [1.82, 2.24) is 30.6 Å². The molecule has 0 saturated heterocycles. The third-order valence-electron chi connectivity index (χ3n) is 21.4. The lowest BCUT2D eigenvalue weighted by atomic mass is 9.43. The van der Waals surface area contributed by atoms with Crippen LogP contribution in [0.2, 0.25) is 0 Å². The van der Waals surface area contributed by atoms with Crippen LogP contribution >= 0.6 is 0 Å². The fraction of sp³-hybridized carbons (Fsp3) is 0.378. The smallest absolute Gasteiger partial charge is 0.216 e. The first-order valence-corrected chi connectivity index (χ1v) is 31.1. The molecule has 8 aliphatic carbocycles. The molecule has 2 amide bonds. The molecule has 86 heavy (non-hydrogen) atoms. The van der Waals surface area contributed by atoms with E-state index < -0.39 is 0 Å². The Balaban J connectivity index is 0.944. The van der Waals surface area contributed by atoms with Crippen LogP contribution in [0.5, 0.6) is 23.0 Å². The van der Waals surface area contributed by atoms with E-state index in [9.17, 15) is 9.59 Å². The highest BCUT2D eigenvalue weighted by Gasteiger charge is 2.60. The number of fused-ring (bicyclic) bond motifs is 8. The minimum atomic E-state index is -0.0375. The number of nitrogens with one attached hydrogen (secondary N) is 4. The van der Waals surface area contributed by atoms with Crippen molar-refractivity contribution in [3.63, 3.8) is 0 Å². The maximum Gasteiger partial charge on any atom is 0.216 e. The third-order valence-corrected chi connectivity index (χ3v) is 21.4. The first kappa shape index (κ1) is 54.3. The van der Waals surface area contributed by atoms with E-state index in [1.54, 1.807) is 28.1 Å². The lowest BCUT2D eigenvalue weighted by Gasteiger charge is -2.62. The van der Waals surface area contributed by atoms with E-state index >= 15 is 0 Å². The van der Waals surface area contributed by atoms with Crippen molar-refractivity contribution in [2.24, 2.45) is 34.5 Å². The highest BCUT2D eigenvalue weighted by atomic mass is 16.5. The molecule has 4 atom stereocenters. The van der Waals surface area contributed by atoms with Crippen LogP contribution in [-0.2, 0) is 20.4 Å². The van der Waals surface area contributed by atoms with Gasteiger partial charge in [-0.05, 0) is 219 Å². The molecule has 3 aromatic heterocycles. The molecule has 5 heterocycles. The van der Waals surface area contributed by atoms with E-state index in [2.05, 4.69) is 130 Å². The van der Waals surface area contributed by atoms with Gasteiger partial charge in [0.15, 0.2) is 0 Å². The van der Waals surface area contributed by atoms with Gasteiger partial charge < -0.3 is 39.5 Å². The number of benzene rings is 4. The Morgan fingerprint density at radius 3 is 1.15 bits per heavy atom. The summed E-state index contributed by atoms with van der Waals surface area (Å²) in [5.74, 6) is 5.93. The average Bonchev–Trinajstić information content (AvgIpc) is 0.994. The monoisotopic (exact) mass is 1140 g/mol. The number of H-pyrrole nitrogens is 2. The number of nitrogens with zero attached hydrogens (tertiary/aromatic N) is 2. The van der Waals surface area contributed by atoms with Crippen molar-refractivity contribution in [2.75, 3.05) is 41.5 Å². The first-order valence-electron chi connectivity index (χ1n) is 31.1. The Bertz CT molecular complexity index is 3980. The predicted octanol–water partition coefficient (Wildman–Crippen LogP) is 15.3. The summed E-state index contributed by atoms with van der Waals surface area (Å²) in [7, 11) is 7.02. The van der Waals surface area contributed by atoms with Crippen LogP contribution in [0.1, 0.15) is 125 Å². The van der Waals surface area contributed by atoms with E-state index in [-0.39, 0.29) is 33.5 Å². The molecule has 2 aliphatic heterocycles. The Kier molecular flexibility index (Phi) is 13.0. The number of rotatable bonds is 14. The summed E-state index contributed by atoms with van der Waals surface area (Å²) in [6.07, 6.45) is 22.4. The van der Waals surface area contributed by atoms with Gasteiger partial charge in [-0.15, -0.1) is 0 Å². The predicted molar refractivity (Wildman–Crippen MR) is 342 cm³/mol. The average molecular weight is 1150 g/mol. The lowest BCUT2D eigenvalue weighted by molar-refractivity contribution is -0.122. The van der Waals surface area contributed by atoms with Crippen LogP contribution in [0.15, 0.2) is 109 Å². The Morgan fingerprint density at radius 1 is 0.442 bits per heavy atom. The van der Waals surface area contributed by atoms with Gasteiger partial charge in [-0.1, -0.05) is 48.5 Å². The normalized spacial score (nSPS) is 26.2. The quantitative estimate of drug-likeness (QED) is 0.0840. The van der Waals surface area contributed by atoms with E-state index in [4.69, 9.17) is 28.9 Å². The highest BCUT2D eigenvalue weighted by molar-refractivity contribution is 6.00. The lowest BCUT2D eigenvalue weighted by Crippen LogP contribution is -2.57. The van der Waals surface area contributed by atoms with Gasteiger partial charge in [0.05, 0.1) is 51.2 Å². The van der Waals surface area contributed by atoms with Crippen LogP contribution < -0.4 is 29.6 Å². The molecule has 7 aromatic rings. The molecule has 12 heteroatoms. The van der Waals surface area contributed by atoms with Crippen LogP contribution in [0, 0.1) is 34.5 Å². The van der Waals surface area contributed by atoms with Crippen LogP contribution in [0.25, 0.3) is 90.9 Å². The van der Waals surface area contributed by atoms with E-state index in [0.29, 0.717) is 23.7 Å². The second-order valence-corrected chi connectivity index (χ2v) is 27.1. The number of ether oxygens (including phenoxy) is 4. The number of carbonyl (C=O) groups excluding carboxylic acids is 2. The number of hydrogen-bond acceptors (Lipinski definition) is 8. The number of amides is 2. The van der Waals surface area contributed by atoms with Gasteiger partial charge in [0.2, 0.25) is 11.8 Å². The molecule has 17 rings (SSSR count). The minimum Gasteiger partial charge on any atom is -0.497 e. The van der Waals surface area contributed by atoms with Crippen molar-refractivity contribution < 1.29 is 28.5 Å². The summed E-state index contributed by atoms with van der Waals surface area (Å²) >= 11 is 0. The van der Waals surface area contributed by atoms with Crippen molar-refractivity contribution in [3.05, 3.63) is 143 Å². The number of aromatic nitrogens is 4. The molecular formula is C74H76N6O6. The van der Waals surface area contributed by atoms with Gasteiger partial charge in [0.25, 0.3) is 0 Å². The number of methoxy groups -OCH3 is 4. The molecule has 8 saturated carbocycles. The third kappa shape index (κ3) is 9.23. The Hall–Kier alpha value is -8.38. The van der Waals surface area contributed by atoms with E-state index in [1.165, 1.54) is 49.7 Å². The van der Waals surface area contributed by atoms with Crippen molar-refractivity contribution in [1.29, 1.82) is 0 Å². The minimum absolute atomic E-state index is 0.0288. The number of aromatic amines is 2. The first-order chi connectivity index (χ1) is 41.7. The molecule has 4 aromatic carbocycles. The fourth-order valence-corrected chi connectivity index (χ4v) is 19.1. The summed E-state index contributed by atoms with van der Waals surface area (Å²) in [6.45, 7) is 4.76. The van der Waals surface area contributed by atoms with Gasteiger partial charge in [0.1, 0.15) is 23.0 Å². The molecular weight excluding hydrogens is 1070 g/mol. The van der Waals surface area contributed by atoms with Gasteiger partial charge in [-0.25, -0.2) is 9.97 Å². The SMILES string of the molecule is COc1ccc(-c2c3nc(c(-c4ccc(C56CC7CC(CC(CNC(C)=O)(C7)C5)C6)c(OC)c4)c4nc(c(-c5ccc(OC)cc5)c5ccc([nH]5)c(-c5ccc(C67CC8CC(CC(CNC(C)=O)(C8)C6)C7)c(OC)c5)c5ccc2[nH]5)C=C4)C=C3)cc1. The summed E-state index contributed by atoms with van der Waals surface area (Å²) < 4.78 is 24.5. The van der Waals surface area contributed by atoms with E-state index in [0.717, 1.165) is 164 Å². The molecule has 0 spiro atoms. The zero-order chi connectivity index (χ0) is 58.7. The van der Waals surface area contributed by atoms with Gasteiger partial charge in [0, 0.05) is 93.2 Å². The van der Waals surface area contributed by atoms with E-state index in [1.807, 2.05) is 38.5 Å². The number of hydrogen-bond donors (Lipinski definition) is 4. The molecule has 4 unspecified atom stereocenters. The van der Waals surface area contributed by atoms with Crippen LogP contribution in [-0.4, -0.2) is 73.3 Å². The summed E-state index contributed by atoms with van der Waals surface area (Å²) in [5.41, 5.74) is 17.3. The maximum atomic E-state index is 12.3. The van der Waals surface area contributed by atoms with Gasteiger partial charge in [-0.3, -0.25) is 9.59 Å². The zero-order valence-electron chi connectivity index (χ0n) is 50.3. The Labute approximate surface area is 503 Å². The molecule has 438 valence electrons. The van der Waals surface area contributed by atoms with Crippen molar-refractivity contribution >= 4 is 58.2 Å².